The zero-order valence-electron chi connectivity index (χ0n) is 15.3. The molecule has 3 rings (SSSR count). The molecule has 0 aliphatic carbocycles. The van der Waals surface area contributed by atoms with Crippen LogP contribution in [0.25, 0.3) is 0 Å². The number of methoxy groups -OCH3 is 1. The van der Waals surface area contributed by atoms with Gasteiger partial charge in [-0.1, -0.05) is 0 Å². The van der Waals surface area contributed by atoms with Crippen LogP contribution in [0.5, 0.6) is 5.75 Å². The molecule has 30 heavy (non-hydrogen) atoms. The van der Waals surface area contributed by atoms with Crippen LogP contribution in [0.1, 0.15) is 17.2 Å². The Morgan fingerprint density at radius 3 is 2.43 bits per heavy atom. The largest absolute Gasteiger partial charge is 0.497 e. The first kappa shape index (κ1) is 21.3. The number of ether oxygens (including phenoxy) is 1. The lowest BCUT2D eigenvalue weighted by Crippen LogP contribution is -2.45. The number of pyridine rings is 1. The summed E-state index contributed by atoms with van der Waals surface area (Å²) in [5, 5.41) is 6.91. The summed E-state index contributed by atoms with van der Waals surface area (Å²) >= 11 is 0. The van der Waals surface area contributed by atoms with Crippen molar-refractivity contribution in [2.24, 2.45) is 0 Å². The first-order valence-corrected chi connectivity index (χ1v) is 8.51. The third-order valence-electron chi connectivity index (χ3n) is 4.44. The maximum Gasteiger partial charge on any atom is 0.433 e. The second-order valence-corrected chi connectivity index (χ2v) is 6.36. The van der Waals surface area contributed by atoms with Gasteiger partial charge in [0.1, 0.15) is 29.1 Å². The van der Waals surface area contributed by atoms with Crippen molar-refractivity contribution in [3.05, 3.63) is 53.4 Å². The number of aromatic nitrogens is 1. The molecule has 160 valence electrons. The van der Waals surface area contributed by atoms with E-state index in [4.69, 9.17) is 4.74 Å². The van der Waals surface area contributed by atoms with E-state index in [0.29, 0.717) is 6.07 Å². The molecule has 2 heterocycles. The predicted octanol–water partition coefficient (Wildman–Crippen LogP) is 2.79. The van der Waals surface area contributed by atoms with Gasteiger partial charge >= 0.3 is 12.2 Å². The number of rotatable bonds is 4. The molecule has 0 spiro atoms. The summed E-state index contributed by atoms with van der Waals surface area (Å²) in [5.74, 6) is -3.68. The van der Waals surface area contributed by atoms with E-state index in [9.17, 15) is 31.5 Å². The van der Waals surface area contributed by atoms with E-state index < -0.39 is 53.0 Å². The van der Waals surface area contributed by atoms with Crippen molar-refractivity contribution in [3.63, 3.8) is 0 Å². The van der Waals surface area contributed by atoms with Gasteiger partial charge in [-0.25, -0.2) is 18.6 Å². The van der Waals surface area contributed by atoms with Crippen LogP contribution in [0, 0.1) is 11.6 Å². The molecule has 1 aliphatic heterocycles. The number of halogens is 5. The van der Waals surface area contributed by atoms with E-state index in [1.165, 1.54) is 7.11 Å². The van der Waals surface area contributed by atoms with E-state index >= 15 is 0 Å². The minimum atomic E-state index is -4.64. The molecule has 1 aromatic carbocycles. The second kappa shape index (κ2) is 8.13. The monoisotopic (exact) mass is 430 g/mol. The number of carbonyl (C=O) groups is 2. The SMILES string of the molecule is COc1cc(F)c(C2CNC(=O)C2NC(=O)Nc2ccc(C(F)(F)F)nc2)c(F)c1. The Morgan fingerprint density at radius 1 is 1.23 bits per heavy atom. The van der Waals surface area contributed by atoms with E-state index in [1.54, 1.807) is 0 Å². The minimum Gasteiger partial charge on any atom is -0.497 e. The Labute approximate surface area is 166 Å². The van der Waals surface area contributed by atoms with E-state index in [1.807, 2.05) is 0 Å². The molecule has 1 fully saturated rings. The molecule has 12 heteroatoms. The van der Waals surface area contributed by atoms with Crippen LogP contribution in [-0.2, 0) is 11.0 Å². The minimum absolute atomic E-state index is 0.0527. The molecular weight excluding hydrogens is 415 g/mol. The highest BCUT2D eigenvalue weighted by molar-refractivity contribution is 5.95. The van der Waals surface area contributed by atoms with Crippen molar-refractivity contribution in [2.45, 2.75) is 18.1 Å². The first-order chi connectivity index (χ1) is 14.1. The van der Waals surface area contributed by atoms with Crippen LogP contribution in [0.15, 0.2) is 30.5 Å². The van der Waals surface area contributed by atoms with E-state index in [-0.39, 0.29) is 18.0 Å². The number of hydrogen-bond acceptors (Lipinski definition) is 4. The molecule has 2 aromatic rings. The lowest BCUT2D eigenvalue weighted by molar-refractivity contribution is -0.141. The zero-order chi connectivity index (χ0) is 22.1. The molecule has 7 nitrogen and oxygen atoms in total. The summed E-state index contributed by atoms with van der Waals surface area (Å²) in [5.41, 5.74) is -1.62. The van der Waals surface area contributed by atoms with Gasteiger partial charge in [-0.2, -0.15) is 13.2 Å². The third-order valence-corrected chi connectivity index (χ3v) is 4.44. The molecular formula is C18H15F5N4O3. The van der Waals surface area contributed by atoms with E-state index in [2.05, 4.69) is 20.9 Å². The number of anilines is 1. The highest BCUT2D eigenvalue weighted by Crippen LogP contribution is 2.31. The van der Waals surface area contributed by atoms with E-state index in [0.717, 1.165) is 24.4 Å². The number of hydrogen-bond donors (Lipinski definition) is 3. The molecule has 2 atom stereocenters. The summed E-state index contributed by atoms with van der Waals surface area (Å²) in [7, 11) is 1.24. The molecule has 3 N–H and O–H groups in total. The molecule has 2 unspecified atom stereocenters. The molecule has 0 radical (unpaired) electrons. The molecule has 0 saturated carbocycles. The van der Waals surface area contributed by atoms with Gasteiger partial charge < -0.3 is 20.7 Å². The van der Waals surface area contributed by atoms with Crippen LogP contribution in [0.2, 0.25) is 0 Å². The summed E-state index contributed by atoms with van der Waals surface area (Å²) < 4.78 is 71.2. The third kappa shape index (κ3) is 4.42. The number of benzene rings is 1. The van der Waals surface area contributed by atoms with Gasteiger partial charge in [0.2, 0.25) is 5.91 Å². The van der Waals surface area contributed by atoms with Gasteiger partial charge in [0, 0.05) is 30.2 Å². The van der Waals surface area contributed by atoms with Crippen LogP contribution in [0.3, 0.4) is 0 Å². The predicted molar refractivity (Wildman–Crippen MR) is 93.8 cm³/mol. The fraction of sp³-hybridized carbons (Fsp3) is 0.278. The number of urea groups is 1. The van der Waals surface area contributed by atoms with Gasteiger partial charge in [0.25, 0.3) is 0 Å². The Kier molecular flexibility index (Phi) is 5.76. The summed E-state index contributed by atoms with van der Waals surface area (Å²) in [6.07, 6.45) is -3.85. The first-order valence-electron chi connectivity index (χ1n) is 8.51. The number of amides is 3. The molecule has 1 aromatic heterocycles. The van der Waals surface area contributed by atoms with Gasteiger partial charge in [0.15, 0.2) is 0 Å². The summed E-state index contributed by atoms with van der Waals surface area (Å²) in [6.45, 7) is -0.133. The lowest BCUT2D eigenvalue weighted by atomic mass is 9.93. The molecule has 0 bridgehead atoms. The van der Waals surface area contributed by atoms with Gasteiger partial charge in [-0.15, -0.1) is 0 Å². The fourth-order valence-corrected chi connectivity index (χ4v) is 3.03. The Hall–Kier alpha value is -3.44. The van der Waals surface area contributed by atoms with Crippen molar-refractivity contribution in [1.29, 1.82) is 0 Å². The average molecular weight is 430 g/mol. The molecule has 1 aliphatic rings. The Morgan fingerprint density at radius 2 is 1.90 bits per heavy atom. The van der Waals surface area contributed by atoms with Gasteiger partial charge in [0.05, 0.1) is 19.0 Å². The van der Waals surface area contributed by atoms with Crippen LogP contribution < -0.4 is 20.7 Å². The number of nitrogens with zero attached hydrogens (tertiary/aromatic N) is 1. The Balaban J connectivity index is 1.75. The summed E-state index contributed by atoms with van der Waals surface area (Å²) in [6, 6.07) is 1.27. The number of alkyl halides is 3. The number of nitrogens with one attached hydrogen (secondary N) is 3. The van der Waals surface area contributed by atoms with Crippen molar-refractivity contribution in [2.75, 3.05) is 19.0 Å². The second-order valence-electron chi connectivity index (χ2n) is 6.36. The van der Waals surface area contributed by atoms with Gasteiger partial charge in [-0.05, 0) is 12.1 Å². The number of carbonyl (C=O) groups excluding carboxylic acids is 2. The van der Waals surface area contributed by atoms with Crippen LogP contribution in [0.4, 0.5) is 32.4 Å². The Bertz CT molecular complexity index is 942. The standard InChI is InChI=1S/C18H15F5N4O3/c1-30-9-4-11(19)14(12(20)5-9)10-7-25-16(28)15(10)27-17(29)26-8-2-3-13(24-6-8)18(21,22)23/h2-6,10,15H,7H2,1H3,(H,25,28)(H2,26,27,29). The van der Waals surface area contributed by atoms with Crippen molar-refractivity contribution < 1.29 is 36.3 Å². The van der Waals surface area contributed by atoms with Crippen LogP contribution in [-0.4, -0.2) is 36.6 Å². The van der Waals surface area contributed by atoms with Crippen molar-refractivity contribution >= 4 is 17.6 Å². The maximum atomic E-state index is 14.4. The van der Waals surface area contributed by atoms with Crippen molar-refractivity contribution in [3.8, 4) is 5.75 Å². The van der Waals surface area contributed by atoms with Crippen molar-refractivity contribution in [1.82, 2.24) is 15.6 Å². The zero-order valence-corrected chi connectivity index (χ0v) is 15.3. The molecule has 3 amide bonds. The quantitative estimate of drug-likeness (QED) is 0.651. The highest BCUT2D eigenvalue weighted by Gasteiger charge is 2.40. The highest BCUT2D eigenvalue weighted by atomic mass is 19.4. The maximum absolute atomic E-state index is 14.4. The van der Waals surface area contributed by atoms with Gasteiger partial charge in [-0.3, -0.25) is 4.79 Å². The molecule has 1 saturated heterocycles. The summed E-state index contributed by atoms with van der Waals surface area (Å²) in [4.78, 5) is 27.5. The topological polar surface area (TPSA) is 92.4 Å². The lowest BCUT2D eigenvalue weighted by Gasteiger charge is -2.20. The average Bonchev–Trinajstić information content (AvgIpc) is 3.01. The van der Waals surface area contributed by atoms with Crippen LogP contribution >= 0.6 is 0 Å². The normalized spacial score (nSPS) is 18.7. The smallest absolute Gasteiger partial charge is 0.433 e. The fourth-order valence-electron chi connectivity index (χ4n) is 3.03.